The third-order valence-corrected chi connectivity index (χ3v) is 0.491. The Labute approximate surface area is 52.0 Å². The van der Waals surface area contributed by atoms with E-state index >= 15 is 0 Å². The largest absolute Gasteiger partial charge is 0.364 e. The molecule has 0 aliphatic heterocycles. The lowest BCUT2D eigenvalue weighted by Gasteiger charge is -1.88. The van der Waals surface area contributed by atoms with Crippen molar-refractivity contribution in [3.8, 4) is 0 Å². The maximum absolute atomic E-state index is 8.12. The molecule has 0 aromatic heterocycles. The molecule has 0 fully saturated rings. The summed E-state index contributed by atoms with van der Waals surface area (Å²) in [7, 11) is 0. The molecule has 0 aliphatic carbocycles. The lowest BCUT2D eigenvalue weighted by molar-refractivity contribution is 0.000138. The molecule has 0 aliphatic rings. The standard InChI is InChI=1S/C5H8O4/c6-4(7)2-1-3-5(8)9/h2-9H. The van der Waals surface area contributed by atoms with Crippen LogP contribution in [0.5, 0.6) is 0 Å². The molecule has 0 spiro atoms. The minimum absolute atomic E-state index is 0.874. The van der Waals surface area contributed by atoms with Gasteiger partial charge in [0.2, 0.25) is 0 Å². The fourth-order valence-corrected chi connectivity index (χ4v) is 0.228. The van der Waals surface area contributed by atoms with Gasteiger partial charge < -0.3 is 20.4 Å². The van der Waals surface area contributed by atoms with Gasteiger partial charge in [-0.15, -0.1) is 5.73 Å². The molecule has 0 saturated carbocycles. The summed E-state index contributed by atoms with van der Waals surface area (Å²) in [6.07, 6.45) is -1.45. The van der Waals surface area contributed by atoms with Crippen LogP contribution in [0.3, 0.4) is 0 Å². The van der Waals surface area contributed by atoms with Crippen molar-refractivity contribution in [3.63, 3.8) is 0 Å². The summed E-state index contributed by atoms with van der Waals surface area (Å²) in [5, 5.41) is 32.5. The van der Waals surface area contributed by atoms with Gasteiger partial charge in [0, 0.05) is 12.2 Å². The van der Waals surface area contributed by atoms with Gasteiger partial charge in [-0.25, -0.2) is 0 Å². The van der Waals surface area contributed by atoms with Crippen molar-refractivity contribution in [2.45, 2.75) is 12.6 Å². The minimum atomic E-state index is -1.60. The number of aliphatic hydroxyl groups excluding tert-OH is 2. The summed E-state index contributed by atoms with van der Waals surface area (Å²) in [6, 6.07) is 0. The van der Waals surface area contributed by atoms with Crippen LogP contribution in [0.15, 0.2) is 17.9 Å². The molecule has 0 aromatic rings. The Balaban J connectivity index is 3.67. The molecule has 9 heavy (non-hydrogen) atoms. The van der Waals surface area contributed by atoms with Gasteiger partial charge in [0.25, 0.3) is 0 Å². The van der Waals surface area contributed by atoms with Crippen LogP contribution in [0.1, 0.15) is 0 Å². The van der Waals surface area contributed by atoms with E-state index < -0.39 is 12.6 Å². The first-order valence-corrected chi connectivity index (χ1v) is 2.28. The van der Waals surface area contributed by atoms with Gasteiger partial charge in [0.05, 0.1) is 0 Å². The second-order valence-corrected chi connectivity index (χ2v) is 1.33. The molecule has 0 aromatic carbocycles. The fraction of sp³-hybridized carbons (Fsp3) is 0.400. The van der Waals surface area contributed by atoms with Crippen LogP contribution in [0.25, 0.3) is 0 Å². The number of aliphatic hydroxyl groups is 4. The Morgan fingerprint density at radius 3 is 1.44 bits per heavy atom. The molecule has 0 saturated heterocycles. The number of hydrogen-bond donors (Lipinski definition) is 4. The predicted molar refractivity (Wildman–Crippen MR) is 29.1 cm³/mol. The van der Waals surface area contributed by atoms with Gasteiger partial charge in [-0.05, 0) is 0 Å². The third-order valence-electron chi connectivity index (χ3n) is 0.491. The third kappa shape index (κ3) is 7.36. The van der Waals surface area contributed by atoms with E-state index in [1.165, 1.54) is 0 Å². The van der Waals surface area contributed by atoms with Crippen molar-refractivity contribution in [2.75, 3.05) is 0 Å². The molecule has 0 heterocycles. The van der Waals surface area contributed by atoms with Crippen molar-refractivity contribution in [1.29, 1.82) is 0 Å². The first-order valence-electron chi connectivity index (χ1n) is 2.28. The highest BCUT2D eigenvalue weighted by atomic mass is 16.5. The Morgan fingerprint density at radius 1 is 0.889 bits per heavy atom. The van der Waals surface area contributed by atoms with Crippen molar-refractivity contribution >= 4 is 0 Å². The summed E-state index contributed by atoms with van der Waals surface area (Å²) >= 11 is 0. The van der Waals surface area contributed by atoms with Crippen molar-refractivity contribution in [2.24, 2.45) is 0 Å². The molecule has 52 valence electrons. The van der Waals surface area contributed by atoms with Crippen LogP contribution >= 0.6 is 0 Å². The molecule has 0 atom stereocenters. The van der Waals surface area contributed by atoms with Gasteiger partial charge >= 0.3 is 0 Å². The number of hydrogen-bond acceptors (Lipinski definition) is 4. The monoisotopic (exact) mass is 132 g/mol. The molecule has 4 N–H and O–H groups in total. The Kier molecular flexibility index (Phi) is 3.96. The first kappa shape index (κ1) is 8.36. The van der Waals surface area contributed by atoms with E-state index in [1.807, 2.05) is 0 Å². The summed E-state index contributed by atoms with van der Waals surface area (Å²) in [6.45, 7) is 0. The first-order chi connectivity index (χ1) is 4.13. The molecule has 0 amide bonds. The highest BCUT2D eigenvalue weighted by Gasteiger charge is 1.85. The second kappa shape index (κ2) is 4.26. The van der Waals surface area contributed by atoms with Crippen molar-refractivity contribution in [1.82, 2.24) is 0 Å². The van der Waals surface area contributed by atoms with Crippen LogP contribution < -0.4 is 0 Å². The zero-order valence-corrected chi connectivity index (χ0v) is 4.60. The summed E-state index contributed by atoms with van der Waals surface area (Å²) in [5.41, 5.74) is 2.13. The zero-order chi connectivity index (χ0) is 7.28. The smallest absolute Gasteiger partial charge is 0.178 e. The second-order valence-electron chi connectivity index (χ2n) is 1.33. The summed E-state index contributed by atoms with van der Waals surface area (Å²) in [5.74, 6) is 0. The van der Waals surface area contributed by atoms with E-state index in [9.17, 15) is 0 Å². The van der Waals surface area contributed by atoms with E-state index in [-0.39, 0.29) is 0 Å². The molecule has 0 bridgehead atoms. The summed E-state index contributed by atoms with van der Waals surface area (Å²) < 4.78 is 0. The average molecular weight is 132 g/mol. The van der Waals surface area contributed by atoms with Crippen LogP contribution in [-0.4, -0.2) is 33.0 Å². The quantitative estimate of drug-likeness (QED) is 0.267. The Hall–Kier alpha value is -0.640. The van der Waals surface area contributed by atoms with Crippen LogP contribution in [0, 0.1) is 0 Å². The van der Waals surface area contributed by atoms with E-state index in [2.05, 4.69) is 5.73 Å². The van der Waals surface area contributed by atoms with Crippen LogP contribution in [0.2, 0.25) is 0 Å². The molecule has 4 nitrogen and oxygen atoms in total. The van der Waals surface area contributed by atoms with Crippen LogP contribution in [0.4, 0.5) is 0 Å². The maximum Gasteiger partial charge on any atom is 0.178 e. The topological polar surface area (TPSA) is 80.9 Å². The van der Waals surface area contributed by atoms with Crippen molar-refractivity contribution in [3.05, 3.63) is 17.9 Å². The summed E-state index contributed by atoms with van der Waals surface area (Å²) in [4.78, 5) is 0. The molecule has 0 radical (unpaired) electrons. The van der Waals surface area contributed by atoms with Gasteiger partial charge in [-0.2, -0.15) is 0 Å². The molecular weight excluding hydrogens is 124 g/mol. The Morgan fingerprint density at radius 2 is 1.22 bits per heavy atom. The predicted octanol–water partition coefficient (Wildman–Crippen LogP) is -1.68. The SMILES string of the molecule is OC(O)C=C=CC(O)O. The normalized spacial score (nSPS) is 9.56. The van der Waals surface area contributed by atoms with Gasteiger partial charge in [0.1, 0.15) is 0 Å². The van der Waals surface area contributed by atoms with E-state index in [0.717, 1.165) is 12.2 Å². The molecular formula is C5H8O4. The molecule has 0 rings (SSSR count). The van der Waals surface area contributed by atoms with E-state index in [0.29, 0.717) is 0 Å². The minimum Gasteiger partial charge on any atom is -0.364 e. The highest BCUT2D eigenvalue weighted by Crippen LogP contribution is 1.78. The molecule has 0 unspecified atom stereocenters. The van der Waals surface area contributed by atoms with Gasteiger partial charge in [-0.3, -0.25) is 0 Å². The van der Waals surface area contributed by atoms with Crippen molar-refractivity contribution < 1.29 is 20.4 Å². The zero-order valence-electron chi connectivity index (χ0n) is 4.60. The lowest BCUT2D eigenvalue weighted by Crippen LogP contribution is -1.98. The van der Waals surface area contributed by atoms with Crippen LogP contribution in [-0.2, 0) is 0 Å². The lowest BCUT2D eigenvalue weighted by atomic mass is 10.5. The van der Waals surface area contributed by atoms with E-state index in [4.69, 9.17) is 20.4 Å². The fourth-order valence-electron chi connectivity index (χ4n) is 0.228. The maximum atomic E-state index is 8.12. The molecule has 4 heteroatoms. The highest BCUT2D eigenvalue weighted by molar-refractivity contribution is 4.87. The van der Waals surface area contributed by atoms with Gasteiger partial charge in [-0.1, -0.05) is 0 Å². The average Bonchev–Trinajstić information content (AvgIpc) is 1.63. The number of rotatable bonds is 2. The van der Waals surface area contributed by atoms with E-state index in [1.54, 1.807) is 0 Å². The Bertz CT molecular complexity index is 109. The van der Waals surface area contributed by atoms with Gasteiger partial charge in [0.15, 0.2) is 12.6 Å².